The largest absolute Gasteiger partial charge is 0.379 e. The number of ether oxygens (including phenoxy) is 2. The Balaban J connectivity index is 3.22. The summed E-state index contributed by atoms with van der Waals surface area (Å²) in [7, 11) is 0. The van der Waals surface area contributed by atoms with E-state index in [1.165, 1.54) is 6.42 Å². The van der Waals surface area contributed by atoms with Gasteiger partial charge in [-0.2, -0.15) is 0 Å². The van der Waals surface area contributed by atoms with Gasteiger partial charge in [-0.1, -0.05) is 27.2 Å². The van der Waals surface area contributed by atoms with Gasteiger partial charge in [-0.15, -0.1) is 0 Å². The van der Waals surface area contributed by atoms with Crippen molar-refractivity contribution >= 4 is 0 Å². The van der Waals surface area contributed by atoms with E-state index in [4.69, 9.17) is 9.47 Å². The Kier molecular flexibility index (Phi) is 11.9. The Morgan fingerprint density at radius 1 is 1.07 bits per heavy atom. The molecule has 0 aliphatic carbocycles. The molecular weight excluding hydrogens is 190 g/mol. The smallest absolute Gasteiger partial charge is 0.0704 e. The van der Waals surface area contributed by atoms with Crippen LogP contribution in [0.3, 0.4) is 0 Å². The van der Waals surface area contributed by atoms with Crippen molar-refractivity contribution in [3.63, 3.8) is 0 Å². The maximum absolute atomic E-state index is 5.69. The van der Waals surface area contributed by atoms with Crippen molar-refractivity contribution in [2.45, 2.75) is 46.1 Å². The molecule has 0 aromatic heterocycles. The Hall–Kier alpha value is -0.120. The molecule has 0 fully saturated rings. The molecule has 0 spiro atoms. The first-order valence-corrected chi connectivity index (χ1v) is 6.25. The van der Waals surface area contributed by atoms with Crippen LogP contribution in [-0.2, 0) is 9.47 Å². The fourth-order valence-corrected chi connectivity index (χ4v) is 1.25. The van der Waals surface area contributed by atoms with E-state index in [0.29, 0.717) is 12.7 Å². The van der Waals surface area contributed by atoms with Crippen LogP contribution in [0.25, 0.3) is 0 Å². The molecule has 1 N–H and O–H groups in total. The quantitative estimate of drug-likeness (QED) is 0.538. The lowest BCUT2D eigenvalue weighted by Gasteiger charge is -2.16. The van der Waals surface area contributed by atoms with Gasteiger partial charge in [0, 0.05) is 13.2 Å². The third-order valence-electron chi connectivity index (χ3n) is 2.30. The molecule has 0 saturated heterocycles. The Morgan fingerprint density at radius 2 is 1.87 bits per heavy atom. The molecule has 92 valence electrons. The van der Waals surface area contributed by atoms with E-state index in [9.17, 15) is 0 Å². The standard InChI is InChI=1S/C12H27NO2/c1-4-7-8-14-9-10-15-12(5-2)11-13-6-3/h12-13H,4-11H2,1-3H3. The van der Waals surface area contributed by atoms with E-state index in [2.05, 4.69) is 26.1 Å². The summed E-state index contributed by atoms with van der Waals surface area (Å²) in [5.74, 6) is 0. The third-order valence-corrected chi connectivity index (χ3v) is 2.30. The van der Waals surface area contributed by atoms with Crippen molar-refractivity contribution in [3.05, 3.63) is 0 Å². The van der Waals surface area contributed by atoms with Crippen LogP contribution >= 0.6 is 0 Å². The second-order valence-electron chi connectivity index (χ2n) is 3.67. The summed E-state index contributed by atoms with van der Waals surface area (Å²) in [6.45, 7) is 10.7. The summed E-state index contributed by atoms with van der Waals surface area (Å²) >= 11 is 0. The number of nitrogens with one attached hydrogen (secondary N) is 1. The van der Waals surface area contributed by atoms with E-state index in [-0.39, 0.29) is 0 Å². The van der Waals surface area contributed by atoms with Gasteiger partial charge >= 0.3 is 0 Å². The molecule has 0 aromatic rings. The molecule has 0 heterocycles. The van der Waals surface area contributed by atoms with Crippen molar-refractivity contribution in [2.75, 3.05) is 32.9 Å². The molecule has 0 amide bonds. The Morgan fingerprint density at radius 3 is 2.47 bits per heavy atom. The number of rotatable bonds is 11. The first-order chi connectivity index (χ1) is 7.35. The van der Waals surface area contributed by atoms with Crippen LogP contribution in [0.1, 0.15) is 40.0 Å². The second kappa shape index (κ2) is 12.0. The average Bonchev–Trinajstić information content (AvgIpc) is 2.27. The van der Waals surface area contributed by atoms with E-state index in [0.717, 1.165) is 39.1 Å². The summed E-state index contributed by atoms with van der Waals surface area (Å²) in [4.78, 5) is 0. The molecule has 1 unspecified atom stereocenters. The minimum Gasteiger partial charge on any atom is -0.379 e. The summed E-state index contributed by atoms with van der Waals surface area (Å²) in [5.41, 5.74) is 0. The lowest BCUT2D eigenvalue weighted by Crippen LogP contribution is -2.29. The summed E-state index contributed by atoms with van der Waals surface area (Å²) in [6, 6.07) is 0. The average molecular weight is 217 g/mol. The van der Waals surface area contributed by atoms with Gasteiger partial charge in [0.2, 0.25) is 0 Å². The topological polar surface area (TPSA) is 30.5 Å². The van der Waals surface area contributed by atoms with Crippen molar-refractivity contribution in [1.82, 2.24) is 5.32 Å². The SMILES string of the molecule is CCCCOCCOC(CC)CNCC. The molecule has 1 atom stereocenters. The molecule has 3 heteroatoms. The third kappa shape index (κ3) is 10.2. The first-order valence-electron chi connectivity index (χ1n) is 6.25. The molecule has 0 saturated carbocycles. The van der Waals surface area contributed by atoms with Crippen LogP contribution < -0.4 is 5.32 Å². The van der Waals surface area contributed by atoms with Crippen LogP contribution in [0.4, 0.5) is 0 Å². The first kappa shape index (κ1) is 14.9. The van der Waals surface area contributed by atoms with Gasteiger partial charge < -0.3 is 14.8 Å². The van der Waals surface area contributed by atoms with E-state index in [1.54, 1.807) is 0 Å². The molecule has 0 radical (unpaired) electrons. The number of hydrogen-bond donors (Lipinski definition) is 1. The van der Waals surface area contributed by atoms with Gasteiger partial charge in [0.05, 0.1) is 19.3 Å². The summed E-state index contributed by atoms with van der Waals surface area (Å²) < 4.78 is 11.1. The summed E-state index contributed by atoms with van der Waals surface area (Å²) in [6.07, 6.45) is 3.73. The normalized spacial score (nSPS) is 13.0. The minimum atomic E-state index is 0.333. The van der Waals surface area contributed by atoms with E-state index < -0.39 is 0 Å². The lowest BCUT2D eigenvalue weighted by molar-refractivity contribution is 0.00352. The molecule has 0 rings (SSSR count). The van der Waals surface area contributed by atoms with Gasteiger partial charge in [0.25, 0.3) is 0 Å². The van der Waals surface area contributed by atoms with Gasteiger partial charge in [-0.25, -0.2) is 0 Å². The van der Waals surface area contributed by atoms with Crippen LogP contribution in [0.5, 0.6) is 0 Å². The van der Waals surface area contributed by atoms with Crippen molar-refractivity contribution in [2.24, 2.45) is 0 Å². The van der Waals surface area contributed by atoms with Crippen LogP contribution in [-0.4, -0.2) is 39.0 Å². The van der Waals surface area contributed by atoms with E-state index >= 15 is 0 Å². The molecule has 0 bridgehead atoms. The molecular formula is C12H27NO2. The second-order valence-corrected chi connectivity index (χ2v) is 3.67. The Bertz CT molecular complexity index is 120. The highest BCUT2D eigenvalue weighted by molar-refractivity contribution is 4.58. The predicted octanol–water partition coefficient (Wildman–Crippen LogP) is 2.21. The van der Waals surface area contributed by atoms with Gasteiger partial charge in [0.1, 0.15) is 0 Å². The zero-order valence-electron chi connectivity index (χ0n) is 10.6. The predicted molar refractivity (Wildman–Crippen MR) is 64.3 cm³/mol. The Labute approximate surface area is 94.5 Å². The number of likely N-dealkylation sites (N-methyl/N-ethyl adjacent to an activating group) is 1. The molecule has 0 aromatic carbocycles. The van der Waals surface area contributed by atoms with Crippen molar-refractivity contribution in [3.8, 4) is 0 Å². The highest BCUT2D eigenvalue weighted by Crippen LogP contribution is 1.96. The maximum atomic E-state index is 5.69. The molecule has 15 heavy (non-hydrogen) atoms. The number of unbranched alkanes of at least 4 members (excludes halogenated alkanes) is 1. The van der Waals surface area contributed by atoms with E-state index in [1.807, 2.05) is 0 Å². The fourth-order valence-electron chi connectivity index (χ4n) is 1.25. The van der Waals surface area contributed by atoms with Gasteiger partial charge in [-0.05, 0) is 19.4 Å². The van der Waals surface area contributed by atoms with Crippen LogP contribution in [0, 0.1) is 0 Å². The van der Waals surface area contributed by atoms with Gasteiger partial charge in [-0.3, -0.25) is 0 Å². The molecule has 3 nitrogen and oxygen atoms in total. The number of hydrogen-bond acceptors (Lipinski definition) is 3. The summed E-state index contributed by atoms with van der Waals surface area (Å²) in [5, 5.41) is 3.29. The highest BCUT2D eigenvalue weighted by atomic mass is 16.5. The van der Waals surface area contributed by atoms with Crippen molar-refractivity contribution in [1.29, 1.82) is 0 Å². The van der Waals surface area contributed by atoms with Crippen molar-refractivity contribution < 1.29 is 9.47 Å². The molecule has 0 aliphatic rings. The van der Waals surface area contributed by atoms with Gasteiger partial charge in [0.15, 0.2) is 0 Å². The lowest BCUT2D eigenvalue weighted by atomic mass is 10.3. The monoisotopic (exact) mass is 217 g/mol. The van der Waals surface area contributed by atoms with Crippen LogP contribution in [0.15, 0.2) is 0 Å². The zero-order chi connectivity index (χ0) is 11.4. The zero-order valence-corrected chi connectivity index (χ0v) is 10.6. The maximum Gasteiger partial charge on any atom is 0.0704 e. The fraction of sp³-hybridized carbons (Fsp3) is 1.00. The highest BCUT2D eigenvalue weighted by Gasteiger charge is 2.04. The van der Waals surface area contributed by atoms with Crippen LogP contribution in [0.2, 0.25) is 0 Å². The minimum absolute atomic E-state index is 0.333. The molecule has 0 aliphatic heterocycles.